The van der Waals surface area contributed by atoms with E-state index in [4.69, 9.17) is 17.0 Å². The molecule has 0 atom stereocenters. The van der Waals surface area contributed by atoms with Gasteiger partial charge in [-0.3, -0.25) is 0 Å². The van der Waals surface area contributed by atoms with Crippen molar-refractivity contribution in [2.24, 2.45) is 5.92 Å². The van der Waals surface area contributed by atoms with Crippen molar-refractivity contribution in [3.05, 3.63) is 52.4 Å². The van der Waals surface area contributed by atoms with Gasteiger partial charge in [-0.25, -0.2) is 4.79 Å². The molecule has 1 aliphatic heterocycles. The average Bonchev–Trinajstić information content (AvgIpc) is 3.05. The van der Waals surface area contributed by atoms with Gasteiger partial charge in [0.15, 0.2) is 5.11 Å². The molecule has 0 amide bonds. The highest BCUT2D eigenvalue weighted by Crippen LogP contribution is 2.31. The van der Waals surface area contributed by atoms with Crippen molar-refractivity contribution in [2.45, 2.75) is 33.1 Å². The molecule has 1 saturated heterocycles. The van der Waals surface area contributed by atoms with Gasteiger partial charge in [0.05, 0.1) is 12.2 Å². The molecule has 2 heterocycles. The smallest absolute Gasteiger partial charge is 0.341 e. The number of rotatable bonds is 5. The average molecular weight is 403 g/mol. The highest BCUT2D eigenvalue weighted by molar-refractivity contribution is 7.80. The minimum atomic E-state index is -0.300. The molecule has 0 spiro atoms. The molecular weight excluding hydrogens is 376 g/mol. The van der Waals surface area contributed by atoms with Crippen molar-refractivity contribution in [2.75, 3.05) is 25.0 Å². The van der Waals surface area contributed by atoms with Gasteiger partial charge in [0.2, 0.25) is 0 Å². The molecule has 27 heavy (non-hydrogen) atoms. The summed E-state index contributed by atoms with van der Waals surface area (Å²) in [7, 11) is 0. The lowest BCUT2D eigenvalue weighted by atomic mass is 10.00. The Bertz CT molecular complexity index is 781. The molecule has 0 unspecified atom stereocenters. The molecule has 0 bridgehead atoms. The number of anilines is 1. The number of carbonyl (C=O) groups is 1. The number of ether oxygens (including phenoxy) is 1. The Morgan fingerprint density at radius 1 is 1.30 bits per heavy atom. The van der Waals surface area contributed by atoms with Gasteiger partial charge in [-0.05, 0) is 49.5 Å². The second-order valence-electron chi connectivity index (χ2n) is 6.94. The molecule has 1 N–H and O–H groups in total. The molecule has 2 aromatic rings. The number of hydrogen-bond acceptors (Lipinski definition) is 4. The zero-order valence-corrected chi connectivity index (χ0v) is 17.5. The topological polar surface area (TPSA) is 41.6 Å². The summed E-state index contributed by atoms with van der Waals surface area (Å²) in [6, 6.07) is 12.2. The van der Waals surface area contributed by atoms with E-state index in [9.17, 15) is 4.79 Å². The van der Waals surface area contributed by atoms with Gasteiger partial charge >= 0.3 is 5.97 Å². The van der Waals surface area contributed by atoms with Gasteiger partial charge in [-0.2, -0.15) is 0 Å². The Hall–Kier alpha value is -1.92. The van der Waals surface area contributed by atoms with Crippen LogP contribution >= 0.6 is 23.6 Å². The van der Waals surface area contributed by atoms with E-state index in [2.05, 4.69) is 29.3 Å². The van der Waals surface area contributed by atoms with E-state index in [1.165, 1.54) is 5.56 Å². The number of piperidine rings is 1. The Kier molecular flexibility index (Phi) is 6.85. The van der Waals surface area contributed by atoms with Crippen molar-refractivity contribution in [1.29, 1.82) is 0 Å². The van der Waals surface area contributed by atoms with Gasteiger partial charge in [0, 0.05) is 24.4 Å². The molecule has 0 aliphatic carbocycles. The number of nitrogens with one attached hydrogen (secondary N) is 1. The minimum absolute atomic E-state index is 0.300. The SMILES string of the molecule is CCOC(=O)c1cc(Cc2ccccc2)sc1NC(=S)N1CCC(C)CC1. The Labute approximate surface area is 170 Å². The predicted molar refractivity (Wildman–Crippen MR) is 116 cm³/mol. The van der Waals surface area contributed by atoms with Crippen LogP contribution in [0, 0.1) is 5.92 Å². The zero-order valence-electron chi connectivity index (χ0n) is 15.9. The van der Waals surface area contributed by atoms with Crippen LogP contribution in [0.2, 0.25) is 0 Å². The first-order valence-corrected chi connectivity index (χ1v) is 10.7. The van der Waals surface area contributed by atoms with Crippen LogP contribution in [-0.2, 0) is 11.2 Å². The van der Waals surface area contributed by atoms with E-state index < -0.39 is 0 Å². The fourth-order valence-electron chi connectivity index (χ4n) is 3.17. The van der Waals surface area contributed by atoms with Crippen LogP contribution in [0.15, 0.2) is 36.4 Å². The molecule has 4 nitrogen and oxygen atoms in total. The molecule has 1 aromatic carbocycles. The molecule has 6 heteroatoms. The van der Waals surface area contributed by atoms with Crippen LogP contribution in [0.3, 0.4) is 0 Å². The number of hydrogen-bond donors (Lipinski definition) is 1. The molecule has 1 aromatic heterocycles. The first kappa shape index (κ1) is 19.8. The number of thiocarbonyl (C=S) groups is 1. The summed E-state index contributed by atoms with van der Waals surface area (Å²) in [6.45, 7) is 6.38. The summed E-state index contributed by atoms with van der Waals surface area (Å²) in [5.41, 5.74) is 1.79. The summed E-state index contributed by atoms with van der Waals surface area (Å²) in [5, 5.41) is 4.79. The van der Waals surface area contributed by atoms with Crippen LogP contribution in [0.5, 0.6) is 0 Å². The largest absolute Gasteiger partial charge is 0.462 e. The zero-order chi connectivity index (χ0) is 19.2. The summed E-state index contributed by atoms with van der Waals surface area (Å²) in [5.74, 6) is 0.448. The van der Waals surface area contributed by atoms with Crippen molar-refractivity contribution in [3.8, 4) is 0 Å². The molecular formula is C21H26N2O2S2. The van der Waals surface area contributed by atoms with E-state index in [-0.39, 0.29) is 5.97 Å². The van der Waals surface area contributed by atoms with Crippen LogP contribution in [0.1, 0.15) is 47.5 Å². The number of nitrogens with zero attached hydrogens (tertiary/aromatic N) is 1. The minimum Gasteiger partial charge on any atom is -0.462 e. The van der Waals surface area contributed by atoms with Gasteiger partial charge in [-0.1, -0.05) is 37.3 Å². The second-order valence-corrected chi connectivity index (χ2v) is 8.46. The third kappa shape index (κ3) is 5.30. The highest BCUT2D eigenvalue weighted by Gasteiger charge is 2.22. The van der Waals surface area contributed by atoms with Crippen LogP contribution < -0.4 is 5.32 Å². The van der Waals surface area contributed by atoms with Gasteiger partial charge in [0.1, 0.15) is 5.00 Å². The lowest BCUT2D eigenvalue weighted by Gasteiger charge is -2.32. The summed E-state index contributed by atoms with van der Waals surface area (Å²) >= 11 is 7.19. The summed E-state index contributed by atoms with van der Waals surface area (Å²) in [4.78, 5) is 15.7. The van der Waals surface area contributed by atoms with Crippen molar-refractivity contribution < 1.29 is 9.53 Å². The van der Waals surface area contributed by atoms with Crippen LogP contribution in [0.25, 0.3) is 0 Å². The molecule has 0 saturated carbocycles. The fourth-order valence-corrected chi connectivity index (χ4v) is 4.59. The summed E-state index contributed by atoms with van der Waals surface area (Å²) < 4.78 is 5.24. The first-order valence-electron chi connectivity index (χ1n) is 9.46. The Balaban J connectivity index is 1.77. The fraction of sp³-hybridized carbons (Fsp3) is 0.429. The van der Waals surface area contributed by atoms with E-state index in [0.717, 1.165) is 48.1 Å². The van der Waals surface area contributed by atoms with E-state index >= 15 is 0 Å². The molecule has 3 rings (SSSR count). The van der Waals surface area contributed by atoms with E-state index in [1.54, 1.807) is 11.3 Å². The Morgan fingerprint density at radius 2 is 2.00 bits per heavy atom. The first-order chi connectivity index (χ1) is 13.1. The van der Waals surface area contributed by atoms with Gasteiger partial charge < -0.3 is 15.0 Å². The molecule has 1 fully saturated rings. The molecule has 144 valence electrons. The van der Waals surface area contributed by atoms with E-state index in [1.807, 2.05) is 31.2 Å². The lowest BCUT2D eigenvalue weighted by Crippen LogP contribution is -2.40. The number of carbonyl (C=O) groups excluding carboxylic acids is 1. The summed E-state index contributed by atoms with van der Waals surface area (Å²) in [6.07, 6.45) is 3.08. The van der Waals surface area contributed by atoms with Crippen LogP contribution in [0.4, 0.5) is 5.00 Å². The third-order valence-electron chi connectivity index (χ3n) is 4.79. The molecule has 1 aliphatic rings. The number of benzene rings is 1. The monoisotopic (exact) mass is 402 g/mol. The van der Waals surface area contributed by atoms with Gasteiger partial charge in [0.25, 0.3) is 0 Å². The predicted octanol–water partition coefficient (Wildman–Crippen LogP) is 4.94. The van der Waals surface area contributed by atoms with Gasteiger partial charge in [-0.15, -0.1) is 11.3 Å². The normalized spacial score (nSPS) is 14.8. The van der Waals surface area contributed by atoms with E-state index in [0.29, 0.717) is 17.3 Å². The Morgan fingerprint density at radius 3 is 2.67 bits per heavy atom. The number of thiophene rings is 1. The van der Waals surface area contributed by atoms with Crippen molar-refractivity contribution >= 4 is 39.6 Å². The standard InChI is InChI=1S/C21H26N2O2S2/c1-3-25-20(24)18-14-17(13-16-7-5-4-6-8-16)27-19(18)22-21(26)23-11-9-15(2)10-12-23/h4-8,14-15H,3,9-13H2,1-2H3,(H,22,26). The van der Waals surface area contributed by atoms with Crippen molar-refractivity contribution in [1.82, 2.24) is 4.90 Å². The molecule has 0 radical (unpaired) electrons. The highest BCUT2D eigenvalue weighted by atomic mass is 32.1. The van der Waals surface area contributed by atoms with Crippen molar-refractivity contribution in [3.63, 3.8) is 0 Å². The maximum Gasteiger partial charge on any atom is 0.341 e. The number of likely N-dealkylation sites (tertiary alicyclic amines) is 1. The second kappa shape index (κ2) is 9.33. The quantitative estimate of drug-likeness (QED) is 0.566. The number of esters is 1. The lowest BCUT2D eigenvalue weighted by molar-refractivity contribution is 0.0528. The van der Waals surface area contributed by atoms with Crippen LogP contribution in [-0.4, -0.2) is 35.7 Å². The maximum atomic E-state index is 12.4. The third-order valence-corrected chi connectivity index (χ3v) is 6.20. The maximum absolute atomic E-state index is 12.4.